The summed E-state index contributed by atoms with van der Waals surface area (Å²) in [6, 6.07) is 0.756. The van der Waals surface area contributed by atoms with E-state index >= 15 is 0 Å². The van der Waals surface area contributed by atoms with E-state index in [2.05, 4.69) is 41.0 Å². The molecule has 3 rings (SSSR count). The third kappa shape index (κ3) is 2.73. The molecule has 1 aromatic rings. The van der Waals surface area contributed by atoms with Crippen LogP contribution >= 0.6 is 11.6 Å². The van der Waals surface area contributed by atoms with Gasteiger partial charge in [-0.25, -0.2) is 9.37 Å². The van der Waals surface area contributed by atoms with E-state index in [-0.39, 0.29) is 22.7 Å². The lowest BCUT2D eigenvalue weighted by Crippen LogP contribution is -2.59. The van der Waals surface area contributed by atoms with Crippen molar-refractivity contribution in [2.24, 2.45) is 5.92 Å². The molecule has 0 radical (unpaired) electrons. The molecule has 1 N–H and O–H groups in total. The quantitative estimate of drug-likeness (QED) is 0.850. The van der Waals surface area contributed by atoms with Crippen molar-refractivity contribution in [2.45, 2.75) is 57.7 Å². The van der Waals surface area contributed by atoms with Gasteiger partial charge in [-0.1, -0.05) is 6.92 Å². The molecule has 2 saturated heterocycles. The Morgan fingerprint density at radius 2 is 2.24 bits per heavy atom. The summed E-state index contributed by atoms with van der Waals surface area (Å²) in [7, 11) is 0. The Labute approximate surface area is 130 Å². The minimum atomic E-state index is -0.446. The highest BCUT2D eigenvalue weighted by molar-refractivity contribution is 6.28. The number of anilines is 1. The van der Waals surface area contributed by atoms with Gasteiger partial charge in [0.15, 0.2) is 11.6 Å². The first-order chi connectivity index (χ1) is 9.88. The smallest absolute Gasteiger partial charge is 0.224 e. The molecular formula is C15H22ClFN4. The second-order valence-corrected chi connectivity index (χ2v) is 7.20. The Morgan fingerprint density at radius 1 is 1.48 bits per heavy atom. The van der Waals surface area contributed by atoms with Crippen molar-refractivity contribution in [2.75, 3.05) is 11.9 Å². The van der Waals surface area contributed by atoms with Gasteiger partial charge in [0.1, 0.15) is 0 Å². The van der Waals surface area contributed by atoms with Crippen LogP contribution in [-0.4, -0.2) is 39.0 Å². The molecule has 4 nitrogen and oxygen atoms in total. The fourth-order valence-electron chi connectivity index (χ4n) is 4.01. The molecule has 0 spiro atoms. The fourth-order valence-corrected chi connectivity index (χ4v) is 4.14. The van der Waals surface area contributed by atoms with Gasteiger partial charge in [-0.2, -0.15) is 4.98 Å². The fraction of sp³-hybridized carbons (Fsp3) is 0.733. The average molecular weight is 313 g/mol. The minimum absolute atomic E-state index is 0.0733. The molecule has 0 aliphatic carbocycles. The Balaban J connectivity index is 1.83. The van der Waals surface area contributed by atoms with Crippen LogP contribution in [0.25, 0.3) is 0 Å². The van der Waals surface area contributed by atoms with Gasteiger partial charge in [0.05, 0.1) is 6.20 Å². The maximum atomic E-state index is 13.9. The van der Waals surface area contributed by atoms with Crippen molar-refractivity contribution in [3.63, 3.8) is 0 Å². The van der Waals surface area contributed by atoms with E-state index in [0.29, 0.717) is 12.0 Å². The maximum Gasteiger partial charge on any atom is 0.224 e. The molecule has 0 aromatic carbocycles. The first kappa shape index (κ1) is 15.0. The molecule has 0 bridgehead atoms. The van der Waals surface area contributed by atoms with Gasteiger partial charge >= 0.3 is 0 Å². The number of halogens is 2. The van der Waals surface area contributed by atoms with Crippen molar-refractivity contribution in [3.05, 3.63) is 17.3 Å². The molecule has 6 heteroatoms. The molecule has 2 fully saturated rings. The topological polar surface area (TPSA) is 41.1 Å². The van der Waals surface area contributed by atoms with E-state index in [1.54, 1.807) is 0 Å². The number of nitrogens with zero attached hydrogens (tertiary/aromatic N) is 3. The number of aromatic nitrogens is 2. The van der Waals surface area contributed by atoms with Gasteiger partial charge in [-0.3, -0.25) is 4.90 Å². The monoisotopic (exact) mass is 312 g/mol. The van der Waals surface area contributed by atoms with Gasteiger partial charge in [-0.15, -0.1) is 0 Å². The number of rotatable bonds is 2. The Bertz CT molecular complexity index is 536. The van der Waals surface area contributed by atoms with Gasteiger partial charge in [0, 0.05) is 17.6 Å². The number of hydrogen-bond acceptors (Lipinski definition) is 4. The number of nitrogens with one attached hydrogen (secondary N) is 1. The largest absolute Gasteiger partial charge is 0.364 e. The molecule has 2 aliphatic rings. The third-order valence-corrected chi connectivity index (χ3v) is 5.26. The first-order valence-corrected chi connectivity index (χ1v) is 7.97. The van der Waals surface area contributed by atoms with Crippen molar-refractivity contribution in [1.29, 1.82) is 0 Å². The predicted molar refractivity (Wildman–Crippen MR) is 82.0 cm³/mol. The van der Waals surface area contributed by atoms with Crippen LogP contribution in [0.15, 0.2) is 6.20 Å². The third-order valence-electron chi connectivity index (χ3n) is 5.07. The molecule has 3 atom stereocenters. The Kier molecular flexibility index (Phi) is 3.82. The van der Waals surface area contributed by atoms with Crippen molar-refractivity contribution in [1.82, 2.24) is 14.9 Å². The summed E-state index contributed by atoms with van der Waals surface area (Å²) in [4.78, 5) is 10.3. The van der Waals surface area contributed by atoms with E-state index in [4.69, 9.17) is 11.6 Å². The summed E-state index contributed by atoms with van der Waals surface area (Å²) in [6.45, 7) is 7.96. The Morgan fingerprint density at radius 3 is 3.00 bits per heavy atom. The van der Waals surface area contributed by atoms with Crippen molar-refractivity contribution < 1.29 is 4.39 Å². The molecule has 0 amide bonds. The van der Waals surface area contributed by atoms with Crippen LogP contribution in [-0.2, 0) is 0 Å². The highest BCUT2D eigenvalue weighted by Gasteiger charge is 2.47. The molecule has 3 heterocycles. The van der Waals surface area contributed by atoms with Crippen LogP contribution < -0.4 is 5.32 Å². The van der Waals surface area contributed by atoms with Crippen LogP contribution in [0.4, 0.5) is 10.2 Å². The lowest BCUT2D eigenvalue weighted by atomic mass is 9.77. The lowest BCUT2D eigenvalue weighted by Gasteiger charge is -2.51. The minimum Gasteiger partial charge on any atom is -0.364 e. The van der Waals surface area contributed by atoms with Crippen LogP contribution in [0.5, 0.6) is 0 Å². The summed E-state index contributed by atoms with van der Waals surface area (Å²) in [5.41, 5.74) is 0.124. The van der Waals surface area contributed by atoms with Gasteiger partial charge in [0.25, 0.3) is 0 Å². The zero-order chi connectivity index (χ0) is 15.2. The average Bonchev–Trinajstić information content (AvgIpc) is 2.90. The molecule has 2 aliphatic heterocycles. The van der Waals surface area contributed by atoms with Crippen LogP contribution in [0.1, 0.15) is 40.0 Å². The van der Waals surface area contributed by atoms with E-state index < -0.39 is 5.82 Å². The van der Waals surface area contributed by atoms with E-state index in [1.165, 1.54) is 19.4 Å². The van der Waals surface area contributed by atoms with Crippen LogP contribution in [0.2, 0.25) is 5.28 Å². The Hall–Kier alpha value is -0.940. The number of fused-ring (bicyclic) bond motifs is 1. The number of hydrogen-bond donors (Lipinski definition) is 1. The molecule has 1 aromatic heterocycles. The van der Waals surface area contributed by atoms with Gasteiger partial charge in [0.2, 0.25) is 5.28 Å². The molecule has 3 unspecified atom stereocenters. The SMILES string of the molecule is CC1C(Nc2nc(Cl)ncc2F)CC(C)(C)N2CCCC12. The summed E-state index contributed by atoms with van der Waals surface area (Å²) in [6.07, 6.45) is 4.55. The molecule has 0 saturated carbocycles. The maximum absolute atomic E-state index is 13.9. The molecule has 116 valence electrons. The zero-order valence-corrected chi connectivity index (χ0v) is 13.5. The summed E-state index contributed by atoms with van der Waals surface area (Å²) in [5, 5.41) is 3.34. The predicted octanol–water partition coefficient (Wildman–Crippen LogP) is 3.33. The van der Waals surface area contributed by atoms with Crippen molar-refractivity contribution >= 4 is 17.4 Å². The molecular weight excluding hydrogens is 291 g/mol. The lowest BCUT2D eigenvalue weighted by molar-refractivity contribution is 0.0164. The van der Waals surface area contributed by atoms with E-state index in [0.717, 1.165) is 12.6 Å². The van der Waals surface area contributed by atoms with Crippen LogP contribution in [0.3, 0.4) is 0 Å². The van der Waals surface area contributed by atoms with E-state index in [1.807, 2.05) is 0 Å². The van der Waals surface area contributed by atoms with Crippen LogP contribution in [0, 0.1) is 11.7 Å². The highest BCUT2D eigenvalue weighted by Crippen LogP contribution is 2.41. The summed E-state index contributed by atoms with van der Waals surface area (Å²) >= 11 is 5.78. The van der Waals surface area contributed by atoms with Gasteiger partial charge < -0.3 is 5.32 Å². The first-order valence-electron chi connectivity index (χ1n) is 7.60. The standard InChI is InChI=1S/C15H22ClFN4/c1-9-11(19-13-10(17)8-18-14(16)20-13)7-15(2,3)21-6-4-5-12(9)21/h8-9,11-12H,4-7H2,1-3H3,(H,18,19,20). The zero-order valence-electron chi connectivity index (χ0n) is 12.7. The van der Waals surface area contributed by atoms with Crippen molar-refractivity contribution in [3.8, 4) is 0 Å². The molecule has 21 heavy (non-hydrogen) atoms. The second-order valence-electron chi connectivity index (χ2n) is 6.87. The second kappa shape index (κ2) is 5.36. The number of piperidine rings is 1. The highest BCUT2D eigenvalue weighted by atomic mass is 35.5. The summed E-state index contributed by atoms with van der Waals surface area (Å²) < 4.78 is 13.9. The summed E-state index contributed by atoms with van der Waals surface area (Å²) in [5.74, 6) is 0.223. The van der Waals surface area contributed by atoms with E-state index in [9.17, 15) is 4.39 Å². The normalized spacial score (nSPS) is 32.0. The van der Waals surface area contributed by atoms with Gasteiger partial charge in [-0.05, 0) is 57.2 Å².